The molecule has 0 spiro atoms. The van der Waals surface area contributed by atoms with Crippen molar-refractivity contribution in [1.82, 2.24) is 21.3 Å². The van der Waals surface area contributed by atoms with Gasteiger partial charge in [0.15, 0.2) is 56.6 Å². The summed E-state index contributed by atoms with van der Waals surface area (Å²) in [7, 11) is 0. The summed E-state index contributed by atoms with van der Waals surface area (Å²) in [6, 6.07) is -7.27. The first-order valence-corrected chi connectivity index (χ1v) is 35.5. The van der Waals surface area contributed by atoms with Gasteiger partial charge in [-0.3, -0.25) is 19.2 Å². The number of hydrogen-bond donors (Lipinski definition) is 28. The molecule has 45 atom stereocenters. The van der Waals surface area contributed by atoms with Crippen molar-refractivity contribution in [3.8, 4) is 0 Å². The van der Waals surface area contributed by atoms with Crippen molar-refractivity contribution in [2.24, 2.45) is 0 Å². The van der Waals surface area contributed by atoms with Gasteiger partial charge in [-0.2, -0.15) is 0 Å². The lowest BCUT2D eigenvalue weighted by atomic mass is 9.93. The molecule has 9 rings (SSSR count). The number of hydrogen-bond acceptors (Lipinski definition) is 45. The molecule has 49 nitrogen and oxygen atoms in total. The standard InChI is InChI=1S/C62H104N4O45/c1-14-31(77)40(86)44(90)58(97-14)96-13-26-51(37(83)27(54(94)98-26)63-15(2)73)107-56-29(65-17(4)75)38(84)49(23(10-71)102-56)109-61-47(93)52(35(81)25(105-61)12-95-59-46(92)43(89)50(24(11-72)104-59)106-55-28(64-16(3)74)36(82)32(78)19(6-67)99-55)110-62-53(42(88)34(80)21(8-69)101-62)111-57-30(66-18(5)76)39(85)48(22(9-70)103-57)108-60-45(91)41(87)33(79)20(7-68)100-60/h14,19-62,67-72,77-94H,6-13H2,1-5H3,(H,63,73)(H,64,74)(H,65,75)(H,66,76)/t14-,19+,20+,21+,22+,23+,24+,25+,26+,27+,28+,29+,30+,31+,32+,33-,34+,35+,36+,37+,38+,39+,40+,41-,42-,43+,44-,45+,46-,47-,48+,49+,50+,51+,52-,53-,54+,55-,56-,57-,58+,59-,60-,61-,62+/m0/s1. The van der Waals surface area contributed by atoms with Gasteiger partial charge in [-0.05, 0) is 6.92 Å². The SMILES string of the molecule is CC(=O)N[C@@H]1[C@@H](O)[C@H](O[C@@H]2O[C@H](CO)[C@@H](O[C@@H]3O[C@H](CO[C@H]4O[C@H](CO)[C@@H](O[C@@H]5O[C@H](CO)[C@@H](O)[C@H](O)[C@H]5NC(C)=O)[C@H](O)[C@@H]4O)[C@@H](O)[C@H](O[C@H]4O[C@H](CO)[C@@H](O)[C@H](O)[C@@H]4O[C@@H]4O[C@H](CO)[C@@H](O[C@@H]5O[C@H](CO)[C@H](O)[C@H](O)[C@H]5O)[C@H](O)[C@H]4NC(C)=O)[C@@H]3O)[C@H](O)[C@H]2NC(C)=O)[C@@H](CO[C@@H]2O[C@@H](C)[C@@H](O)[C@@H](O)[C@@H]2O)O[C@H]1O. The molecule has 642 valence electrons. The average Bonchev–Trinajstić information content (AvgIpc) is 0.772. The maximum absolute atomic E-state index is 13.1. The van der Waals surface area contributed by atoms with Crippen LogP contribution < -0.4 is 21.3 Å². The van der Waals surface area contributed by atoms with Crippen molar-refractivity contribution in [2.75, 3.05) is 52.9 Å². The molecule has 4 amide bonds. The van der Waals surface area contributed by atoms with E-state index in [-0.39, 0.29) is 0 Å². The number of rotatable bonds is 28. The normalized spacial score (nSPS) is 49.3. The zero-order chi connectivity index (χ0) is 81.8. The summed E-state index contributed by atoms with van der Waals surface area (Å²) in [5.74, 6) is -3.52. The Balaban J connectivity index is 1.03. The summed E-state index contributed by atoms with van der Waals surface area (Å²) >= 11 is 0. The van der Waals surface area contributed by atoms with Crippen molar-refractivity contribution in [1.29, 1.82) is 0 Å². The number of aliphatic hydroxyl groups excluding tert-OH is 24. The van der Waals surface area contributed by atoms with Gasteiger partial charge < -0.3 is 224 Å². The minimum Gasteiger partial charge on any atom is -0.394 e. The molecule has 0 saturated carbocycles. The topological polar surface area (TPSA) is 759 Å². The quantitative estimate of drug-likeness (QED) is 0.0346. The van der Waals surface area contributed by atoms with Crippen LogP contribution >= 0.6 is 0 Å². The highest BCUT2D eigenvalue weighted by atomic mass is 16.8. The second-order valence-electron chi connectivity index (χ2n) is 28.2. The Hall–Kier alpha value is -3.76. The summed E-state index contributed by atoms with van der Waals surface area (Å²) in [6.07, 6.45) is -82.6. The first kappa shape index (κ1) is 91.1. The molecule has 0 aliphatic carbocycles. The zero-order valence-corrected chi connectivity index (χ0v) is 59.9. The van der Waals surface area contributed by atoms with E-state index in [1.54, 1.807) is 0 Å². The Morgan fingerprint density at radius 1 is 0.252 bits per heavy atom. The van der Waals surface area contributed by atoms with Gasteiger partial charge >= 0.3 is 0 Å². The van der Waals surface area contributed by atoms with Gasteiger partial charge in [0.1, 0.15) is 213 Å². The van der Waals surface area contributed by atoms with E-state index in [4.69, 9.17) is 80.5 Å². The van der Waals surface area contributed by atoms with Crippen molar-refractivity contribution in [2.45, 2.75) is 311 Å². The summed E-state index contributed by atoms with van der Waals surface area (Å²) < 4.78 is 100. The molecular weight excluding hydrogens is 1520 g/mol. The van der Waals surface area contributed by atoms with E-state index in [1.165, 1.54) is 6.92 Å². The Morgan fingerprint density at radius 2 is 0.550 bits per heavy atom. The molecule has 0 bridgehead atoms. The minimum atomic E-state index is -2.55. The van der Waals surface area contributed by atoms with Crippen LogP contribution in [-0.2, 0) is 99.7 Å². The Labute approximate surface area is 629 Å². The van der Waals surface area contributed by atoms with Gasteiger partial charge in [-0.25, -0.2) is 0 Å². The number of nitrogens with one attached hydrogen (secondary N) is 4. The first-order valence-electron chi connectivity index (χ1n) is 35.5. The van der Waals surface area contributed by atoms with Crippen LogP contribution in [0.25, 0.3) is 0 Å². The molecule has 9 heterocycles. The highest BCUT2D eigenvalue weighted by Crippen LogP contribution is 2.40. The molecule has 9 saturated heterocycles. The fourth-order valence-corrected chi connectivity index (χ4v) is 14.3. The third-order valence-corrected chi connectivity index (χ3v) is 20.3. The van der Waals surface area contributed by atoms with Crippen LogP contribution in [0.5, 0.6) is 0 Å². The van der Waals surface area contributed by atoms with E-state index < -0.39 is 353 Å². The van der Waals surface area contributed by atoms with Gasteiger partial charge in [-0.15, -0.1) is 0 Å². The number of carbonyl (C=O) groups is 4. The van der Waals surface area contributed by atoms with Crippen LogP contribution in [0.15, 0.2) is 0 Å². The number of carbonyl (C=O) groups excluding carboxylic acids is 4. The van der Waals surface area contributed by atoms with E-state index in [0.29, 0.717) is 0 Å². The zero-order valence-electron chi connectivity index (χ0n) is 59.9. The van der Waals surface area contributed by atoms with E-state index in [2.05, 4.69) is 21.3 Å². The first-order chi connectivity index (χ1) is 52.4. The molecule has 0 unspecified atom stereocenters. The molecule has 9 aliphatic heterocycles. The molecule has 9 fully saturated rings. The molecular formula is C62H104N4O45. The van der Waals surface area contributed by atoms with E-state index in [9.17, 15) is 142 Å². The Bertz CT molecular complexity index is 2950. The van der Waals surface area contributed by atoms with E-state index in [0.717, 1.165) is 27.7 Å². The van der Waals surface area contributed by atoms with Crippen molar-refractivity contribution >= 4 is 23.6 Å². The number of amides is 4. The van der Waals surface area contributed by atoms with E-state index in [1.807, 2.05) is 0 Å². The number of ether oxygens (including phenoxy) is 17. The highest BCUT2D eigenvalue weighted by Gasteiger charge is 2.61. The summed E-state index contributed by atoms with van der Waals surface area (Å²) in [4.78, 5) is 50.7. The van der Waals surface area contributed by atoms with Gasteiger partial charge in [-0.1, -0.05) is 0 Å². The van der Waals surface area contributed by atoms with Crippen LogP contribution in [-0.4, -0.2) is 475 Å². The lowest BCUT2D eigenvalue weighted by molar-refractivity contribution is -0.398. The van der Waals surface area contributed by atoms with Gasteiger partial charge in [0.05, 0.1) is 59.0 Å². The van der Waals surface area contributed by atoms with Crippen molar-refractivity contribution in [3.63, 3.8) is 0 Å². The fraction of sp³-hybridized carbons (Fsp3) is 0.935. The maximum atomic E-state index is 13.1. The fourth-order valence-electron chi connectivity index (χ4n) is 14.3. The lowest BCUT2D eigenvalue weighted by Crippen LogP contribution is -2.71. The average molecular weight is 1630 g/mol. The molecule has 9 aliphatic rings. The second kappa shape index (κ2) is 39.7. The minimum absolute atomic E-state index is 0.791. The van der Waals surface area contributed by atoms with E-state index >= 15 is 0 Å². The van der Waals surface area contributed by atoms with Crippen LogP contribution in [0.1, 0.15) is 34.6 Å². The molecule has 0 aromatic rings. The molecule has 28 N–H and O–H groups in total. The van der Waals surface area contributed by atoms with Crippen LogP contribution in [0, 0.1) is 0 Å². The predicted octanol–water partition coefficient (Wildman–Crippen LogP) is -19.0. The molecule has 0 radical (unpaired) electrons. The third-order valence-electron chi connectivity index (χ3n) is 20.3. The third kappa shape index (κ3) is 20.3. The van der Waals surface area contributed by atoms with Crippen molar-refractivity contribution in [3.05, 3.63) is 0 Å². The van der Waals surface area contributed by atoms with Crippen molar-refractivity contribution < 1.29 is 222 Å². The van der Waals surface area contributed by atoms with Gasteiger partial charge in [0.25, 0.3) is 0 Å². The summed E-state index contributed by atoms with van der Waals surface area (Å²) in [6.45, 7) is -3.21. The maximum Gasteiger partial charge on any atom is 0.217 e. The molecule has 49 heteroatoms. The predicted molar refractivity (Wildman–Crippen MR) is 342 cm³/mol. The molecule has 0 aromatic heterocycles. The number of aliphatic hydroxyl groups is 24. The Kier molecular flexibility index (Phi) is 32.6. The smallest absolute Gasteiger partial charge is 0.217 e. The van der Waals surface area contributed by atoms with Gasteiger partial charge in [0, 0.05) is 27.7 Å². The Morgan fingerprint density at radius 3 is 1.03 bits per heavy atom. The van der Waals surface area contributed by atoms with Crippen LogP contribution in [0.4, 0.5) is 0 Å². The largest absolute Gasteiger partial charge is 0.394 e. The van der Waals surface area contributed by atoms with Gasteiger partial charge in [0.2, 0.25) is 23.6 Å². The molecule has 111 heavy (non-hydrogen) atoms. The van der Waals surface area contributed by atoms with Crippen LogP contribution in [0.2, 0.25) is 0 Å². The van der Waals surface area contributed by atoms with Crippen LogP contribution in [0.3, 0.4) is 0 Å². The highest BCUT2D eigenvalue weighted by molar-refractivity contribution is 5.74. The summed E-state index contributed by atoms with van der Waals surface area (Å²) in [5, 5.41) is 276. The molecule has 0 aromatic carbocycles. The summed E-state index contributed by atoms with van der Waals surface area (Å²) in [5.41, 5.74) is 0. The lowest BCUT2D eigenvalue weighted by Gasteiger charge is -2.51. The second-order valence-corrected chi connectivity index (χ2v) is 28.2. The monoisotopic (exact) mass is 1620 g/mol.